The second-order valence-corrected chi connectivity index (χ2v) is 10.9. The summed E-state index contributed by atoms with van der Waals surface area (Å²) in [6.45, 7) is 9.53. The second kappa shape index (κ2) is 15.8. The summed E-state index contributed by atoms with van der Waals surface area (Å²) in [6.07, 6.45) is 0.613. The summed E-state index contributed by atoms with van der Waals surface area (Å²) in [4.78, 5) is 30.2. The molecule has 2 atom stereocenters. The lowest BCUT2D eigenvalue weighted by Gasteiger charge is -2.28. The Labute approximate surface area is 229 Å². The molecule has 2 rings (SSSR count). The Kier molecular flexibility index (Phi) is 13.2. The summed E-state index contributed by atoms with van der Waals surface area (Å²) < 4.78 is 27.2. The van der Waals surface area contributed by atoms with Gasteiger partial charge in [-0.05, 0) is 73.4 Å². The Bertz CT molecular complexity index is 1040. The monoisotopic (exact) mass is 549 g/mol. The molecule has 0 unspecified atom stereocenters. The fourth-order valence-electron chi connectivity index (χ4n) is 4.34. The van der Waals surface area contributed by atoms with Crippen LogP contribution in [0.2, 0.25) is 0 Å². The molecule has 210 valence electrons. The van der Waals surface area contributed by atoms with E-state index in [1.807, 2.05) is 27.7 Å². The van der Waals surface area contributed by atoms with Crippen molar-refractivity contribution >= 4 is 23.6 Å². The Morgan fingerprint density at radius 3 is 1.97 bits per heavy atom. The summed E-state index contributed by atoms with van der Waals surface area (Å²) in [5.41, 5.74) is 8.14. The maximum absolute atomic E-state index is 13.6. The highest BCUT2D eigenvalue weighted by molar-refractivity contribution is 7.99. The maximum atomic E-state index is 13.6. The predicted molar refractivity (Wildman–Crippen MR) is 151 cm³/mol. The van der Waals surface area contributed by atoms with Crippen LogP contribution in [-0.2, 0) is 6.42 Å². The average molecular weight is 550 g/mol. The van der Waals surface area contributed by atoms with Crippen molar-refractivity contribution in [3.05, 3.63) is 70.3 Å². The van der Waals surface area contributed by atoms with Gasteiger partial charge < -0.3 is 20.6 Å². The number of rotatable bonds is 15. The molecule has 2 aromatic rings. The molecule has 0 bridgehead atoms. The first-order chi connectivity index (χ1) is 18.1. The van der Waals surface area contributed by atoms with Crippen molar-refractivity contribution in [2.75, 3.05) is 37.7 Å². The molecular weight excluding hydrogens is 508 g/mol. The number of aliphatic hydroxyl groups is 1. The molecule has 0 radical (unpaired) electrons. The number of nitrogens with two attached hydrogens (primary N) is 1. The van der Waals surface area contributed by atoms with Gasteiger partial charge in [0.25, 0.3) is 11.8 Å². The summed E-state index contributed by atoms with van der Waals surface area (Å²) in [5, 5.41) is 10.9. The first-order valence-electron chi connectivity index (χ1n) is 13.3. The van der Waals surface area contributed by atoms with Gasteiger partial charge in [0.1, 0.15) is 11.6 Å². The normalized spacial score (nSPS) is 12.7. The van der Waals surface area contributed by atoms with Gasteiger partial charge in [-0.25, -0.2) is 8.78 Å². The van der Waals surface area contributed by atoms with Gasteiger partial charge in [0.2, 0.25) is 0 Å². The van der Waals surface area contributed by atoms with Gasteiger partial charge in [-0.1, -0.05) is 20.8 Å². The van der Waals surface area contributed by atoms with E-state index in [1.165, 1.54) is 17.0 Å². The van der Waals surface area contributed by atoms with Gasteiger partial charge in [0, 0.05) is 55.2 Å². The van der Waals surface area contributed by atoms with Crippen LogP contribution in [0.25, 0.3) is 0 Å². The smallest absolute Gasteiger partial charge is 0.254 e. The molecule has 0 saturated heterocycles. The Hall–Kier alpha value is -2.49. The Morgan fingerprint density at radius 2 is 1.45 bits per heavy atom. The first-order valence-corrected chi connectivity index (χ1v) is 14.4. The molecule has 6 nitrogen and oxygen atoms in total. The number of hydrogen-bond acceptors (Lipinski definition) is 5. The third-order valence-electron chi connectivity index (χ3n) is 6.14. The van der Waals surface area contributed by atoms with Gasteiger partial charge >= 0.3 is 0 Å². The van der Waals surface area contributed by atoms with Gasteiger partial charge in [-0.3, -0.25) is 9.59 Å². The van der Waals surface area contributed by atoms with Crippen LogP contribution in [-0.4, -0.2) is 76.6 Å². The highest BCUT2D eigenvalue weighted by Crippen LogP contribution is 2.17. The number of aryl methyl sites for hydroxylation is 1. The first kappa shape index (κ1) is 31.7. The molecule has 9 heteroatoms. The van der Waals surface area contributed by atoms with E-state index in [1.54, 1.807) is 34.9 Å². The zero-order chi connectivity index (χ0) is 28.2. The molecule has 0 heterocycles. The van der Waals surface area contributed by atoms with Crippen LogP contribution >= 0.6 is 11.8 Å². The predicted octanol–water partition coefficient (Wildman–Crippen LogP) is 4.66. The molecule has 2 aromatic carbocycles. The molecule has 38 heavy (non-hydrogen) atoms. The molecule has 2 amide bonds. The van der Waals surface area contributed by atoms with E-state index in [-0.39, 0.29) is 24.8 Å². The van der Waals surface area contributed by atoms with Crippen LogP contribution in [0.3, 0.4) is 0 Å². The lowest BCUT2D eigenvalue weighted by Crippen LogP contribution is -2.47. The Balaban J connectivity index is 2.25. The molecule has 0 spiro atoms. The van der Waals surface area contributed by atoms with Crippen molar-refractivity contribution in [2.45, 2.75) is 59.1 Å². The van der Waals surface area contributed by atoms with E-state index in [0.717, 1.165) is 30.2 Å². The highest BCUT2D eigenvalue weighted by atomic mass is 32.2. The van der Waals surface area contributed by atoms with E-state index in [9.17, 15) is 23.5 Å². The van der Waals surface area contributed by atoms with Crippen LogP contribution in [0.5, 0.6) is 0 Å². The molecule has 0 aliphatic rings. The molecule has 0 aliphatic carbocycles. The van der Waals surface area contributed by atoms with Crippen LogP contribution in [0.1, 0.15) is 65.5 Å². The topological polar surface area (TPSA) is 86.9 Å². The van der Waals surface area contributed by atoms with Gasteiger partial charge in [0.05, 0.1) is 6.10 Å². The van der Waals surface area contributed by atoms with Crippen molar-refractivity contribution in [2.24, 2.45) is 5.73 Å². The quantitative estimate of drug-likeness (QED) is 0.316. The second-order valence-electron chi connectivity index (χ2n) is 9.54. The highest BCUT2D eigenvalue weighted by Gasteiger charge is 2.25. The lowest BCUT2D eigenvalue weighted by molar-refractivity contribution is 0.0589. The van der Waals surface area contributed by atoms with Crippen LogP contribution in [0, 0.1) is 18.6 Å². The molecule has 0 aromatic heterocycles. The van der Waals surface area contributed by atoms with E-state index in [4.69, 9.17) is 5.73 Å². The number of amides is 2. The van der Waals surface area contributed by atoms with Crippen molar-refractivity contribution in [3.8, 4) is 0 Å². The number of aliphatic hydroxyl groups excluding tert-OH is 1. The number of nitrogens with zero attached hydrogens (tertiary/aromatic N) is 2. The number of halogens is 2. The standard InChI is InChI=1S/C29H41F2N3O3S/c1-5-8-33(9-6-2)28(36)22-12-20(4)13-23(17-22)29(37)34(10-11-38-7-3)19-27(35)26(32)16-21-14-24(30)18-25(31)15-21/h12-15,17-18,26-27,35H,5-11,16,19,32H2,1-4H3/t26-,27+/m0/s1. The number of benzene rings is 2. The lowest BCUT2D eigenvalue weighted by atomic mass is 10.0. The molecule has 3 N–H and O–H groups in total. The number of carbonyl (C=O) groups excluding carboxylic acids is 2. The fourth-order valence-corrected chi connectivity index (χ4v) is 4.98. The van der Waals surface area contributed by atoms with E-state index in [2.05, 4.69) is 0 Å². The van der Waals surface area contributed by atoms with Crippen molar-refractivity contribution < 1.29 is 23.5 Å². The number of carbonyl (C=O) groups is 2. The van der Waals surface area contributed by atoms with E-state index < -0.39 is 23.8 Å². The fraction of sp³-hybridized carbons (Fsp3) is 0.517. The molecule has 0 fully saturated rings. The summed E-state index contributed by atoms with van der Waals surface area (Å²) in [6, 6.07) is 7.46. The van der Waals surface area contributed by atoms with Crippen molar-refractivity contribution in [1.29, 1.82) is 0 Å². The van der Waals surface area contributed by atoms with Gasteiger partial charge in [-0.15, -0.1) is 0 Å². The third-order valence-corrected chi connectivity index (χ3v) is 7.02. The minimum Gasteiger partial charge on any atom is -0.390 e. The molecular formula is C29H41F2N3O3S. The van der Waals surface area contributed by atoms with Crippen molar-refractivity contribution in [3.63, 3.8) is 0 Å². The van der Waals surface area contributed by atoms with Gasteiger partial charge in [0.15, 0.2) is 0 Å². The van der Waals surface area contributed by atoms with Crippen LogP contribution in [0.15, 0.2) is 36.4 Å². The summed E-state index contributed by atoms with van der Waals surface area (Å²) in [5.74, 6) is -0.294. The third kappa shape index (κ3) is 9.67. The summed E-state index contributed by atoms with van der Waals surface area (Å²) in [7, 11) is 0. The van der Waals surface area contributed by atoms with Crippen molar-refractivity contribution in [1.82, 2.24) is 9.80 Å². The Morgan fingerprint density at radius 1 is 0.895 bits per heavy atom. The zero-order valence-electron chi connectivity index (χ0n) is 22.9. The van der Waals surface area contributed by atoms with E-state index >= 15 is 0 Å². The van der Waals surface area contributed by atoms with Crippen LogP contribution < -0.4 is 5.73 Å². The SMILES string of the molecule is CCCN(CCC)C(=O)c1cc(C)cc(C(=O)N(CCSCC)C[C@@H](O)[C@@H](N)Cc2cc(F)cc(F)c2)c1. The number of hydrogen-bond donors (Lipinski definition) is 2. The molecule has 0 aliphatic heterocycles. The maximum Gasteiger partial charge on any atom is 0.254 e. The average Bonchev–Trinajstić information content (AvgIpc) is 2.86. The van der Waals surface area contributed by atoms with E-state index in [0.29, 0.717) is 42.1 Å². The largest absolute Gasteiger partial charge is 0.390 e. The molecule has 0 saturated carbocycles. The minimum atomic E-state index is -1.12. The zero-order valence-corrected chi connectivity index (χ0v) is 23.7. The van der Waals surface area contributed by atoms with Gasteiger partial charge in [-0.2, -0.15) is 11.8 Å². The van der Waals surface area contributed by atoms with Crippen LogP contribution in [0.4, 0.5) is 8.78 Å². The number of thioether (sulfide) groups is 1. The summed E-state index contributed by atoms with van der Waals surface area (Å²) >= 11 is 1.67. The minimum absolute atomic E-state index is 0.0446.